The Labute approximate surface area is 197 Å². The lowest BCUT2D eigenvalue weighted by Crippen LogP contribution is -2.62. The third kappa shape index (κ3) is 2.64. The van der Waals surface area contributed by atoms with Gasteiger partial charge in [-0.05, 0) is 98.2 Å². The van der Waals surface area contributed by atoms with E-state index in [9.17, 15) is 19.8 Å². The summed E-state index contributed by atoms with van der Waals surface area (Å²) in [6.45, 7) is 13.3. The van der Waals surface area contributed by atoms with Crippen molar-refractivity contribution in [3.05, 3.63) is 46.3 Å². The molecule has 5 aliphatic carbocycles. The van der Waals surface area contributed by atoms with Crippen molar-refractivity contribution < 1.29 is 19.8 Å². The summed E-state index contributed by atoms with van der Waals surface area (Å²) >= 11 is 0. The summed E-state index contributed by atoms with van der Waals surface area (Å²) in [5, 5.41) is 20.3. The predicted molar refractivity (Wildman–Crippen MR) is 129 cm³/mol. The van der Waals surface area contributed by atoms with Crippen molar-refractivity contribution in [2.45, 2.75) is 86.5 Å². The Hall–Kier alpha value is -2.10. The molecule has 0 spiro atoms. The molecular formula is C29H38O4. The van der Waals surface area contributed by atoms with Gasteiger partial charge in [-0.1, -0.05) is 45.4 Å². The Morgan fingerprint density at radius 3 is 2.30 bits per heavy atom. The zero-order valence-corrected chi connectivity index (χ0v) is 21.0. The van der Waals surface area contributed by atoms with Gasteiger partial charge in [-0.2, -0.15) is 0 Å². The van der Waals surface area contributed by atoms with Crippen LogP contribution in [0.15, 0.2) is 46.3 Å². The van der Waals surface area contributed by atoms with Crippen LogP contribution in [0.4, 0.5) is 0 Å². The molecule has 33 heavy (non-hydrogen) atoms. The minimum atomic E-state index is -0.655. The van der Waals surface area contributed by atoms with Crippen molar-refractivity contribution in [1.82, 2.24) is 0 Å². The molecule has 0 aromatic carbocycles. The number of allylic oxidation sites excluding steroid dienone is 7. The van der Waals surface area contributed by atoms with Gasteiger partial charge in [-0.15, -0.1) is 0 Å². The average Bonchev–Trinajstić information content (AvgIpc) is 2.75. The maximum absolute atomic E-state index is 12.6. The van der Waals surface area contributed by atoms with Gasteiger partial charge in [0, 0.05) is 11.0 Å². The highest BCUT2D eigenvalue weighted by molar-refractivity contribution is 6.06. The number of fused-ring (bicyclic) bond motifs is 7. The fourth-order valence-corrected chi connectivity index (χ4v) is 8.65. The summed E-state index contributed by atoms with van der Waals surface area (Å²) in [5.41, 5.74) is 3.33. The summed E-state index contributed by atoms with van der Waals surface area (Å²) in [6, 6.07) is 0. The van der Waals surface area contributed by atoms with Crippen LogP contribution in [0.2, 0.25) is 0 Å². The van der Waals surface area contributed by atoms with Crippen LogP contribution >= 0.6 is 0 Å². The van der Waals surface area contributed by atoms with Gasteiger partial charge in [0.2, 0.25) is 5.78 Å². The second-order valence-electron chi connectivity index (χ2n) is 12.9. The highest BCUT2D eigenvalue weighted by Gasteiger charge is 2.67. The molecule has 6 atom stereocenters. The van der Waals surface area contributed by atoms with E-state index in [-0.39, 0.29) is 33.2 Å². The highest BCUT2D eigenvalue weighted by atomic mass is 16.4. The molecule has 0 amide bonds. The lowest BCUT2D eigenvalue weighted by Gasteiger charge is -2.70. The predicted octanol–water partition coefficient (Wildman–Crippen LogP) is 6.70. The van der Waals surface area contributed by atoms with Crippen molar-refractivity contribution in [1.29, 1.82) is 0 Å². The molecule has 2 N–H and O–H groups in total. The highest BCUT2D eigenvalue weighted by Crippen LogP contribution is 2.75. The van der Waals surface area contributed by atoms with E-state index in [1.54, 1.807) is 6.08 Å². The van der Waals surface area contributed by atoms with Crippen LogP contribution < -0.4 is 0 Å². The molecule has 4 heteroatoms. The fourth-order valence-electron chi connectivity index (χ4n) is 8.65. The van der Waals surface area contributed by atoms with Crippen LogP contribution in [-0.4, -0.2) is 22.0 Å². The van der Waals surface area contributed by atoms with E-state index < -0.39 is 11.4 Å². The van der Waals surface area contributed by atoms with Crippen molar-refractivity contribution in [2.75, 3.05) is 0 Å². The second kappa shape index (κ2) is 6.52. The number of carbonyl (C=O) groups excluding carboxylic acids is 1. The standard InChI is InChI=1S/C29H38O4/c1-17-18-7-8-21-27(4,19(18)15-20(30)23(17)31)12-14-29(6)22-16-26(3,24(32)33)10-9-25(22,2)11-13-28(21,29)5/h7-8,15,22,31H,9-14,16H2,1-6H3,(H,32,33)/t22-,25+,26+,27-,28+,29+/m0/s1. The van der Waals surface area contributed by atoms with Gasteiger partial charge in [0.15, 0.2) is 5.76 Å². The molecule has 5 aliphatic rings. The SMILES string of the molecule is CC1=C(O)C(=O)C=C2C1=CC=C1[C@@]2(C)CC[C@]2(C)[C@H]3C[C@](C)(C(=O)O)CC[C@]3(C)CC[C@]12C. The van der Waals surface area contributed by atoms with Gasteiger partial charge < -0.3 is 10.2 Å². The molecule has 0 unspecified atom stereocenters. The summed E-state index contributed by atoms with van der Waals surface area (Å²) < 4.78 is 0. The topological polar surface area (TPSA) is 74.6 Å². The molecule has 3 fully saturated rings. The van der Waals surface area contributed by atoms with Crippen LogP contribution in [0.25, 0.3) is 0 Å². The van der Waals surface area contributed by atoms with Gasteiger partial charge in [-0.3, -0.25) is 9.59 Å². The molecule has 0 radical (unpaired) electrons. The summed E-state index contributed by atoms with van der Waals surface area (Å²) in [5.74, 6) is -0.734. The number of ketones is 1. The van der Waals surface area contributed by atoms with E-state index in [2.05, 4.69) is 39.8 Å². The summed E-state index contributed by atoms with van der Waals surface area (Å²) in [7, 11) is 0. The third-order valence-electron chi connectivity index (χ3n) is 11.4. The van der Waals surface area contributed by atoms with Crippen LogP contribution in [0.3, 0.4) is 0 Å². The molecule has 5 rings (SSSR count). The van der Waals surface area contributed by atoms with Crippen molar-refractivity contribution >= 4 is 11.8 Å². The van der Waals surface area contributed by atoms with Gasteiger partial charge in [0.25, 0.3) is 0 Å². The largest absolute Gasteiger partial charge is 0.504 e. The zero-order valence-electron chi connectivity index (χ0n) is 21.0. The smallest absolute Gasteiger partial charge is 0.309 e. The molecule has 0 heterocycles. The lowest BCUT2D eigenvalue weighted by molar-refractivity contribution is -0.178. The van der Waals surface area contributed by atoms with E-state index in [1.165, 1.54) is 5.57 Å². The third-order valence-corrected chi connectivity index (χ3v) is 11.4. The summed E-state index contributed by atoms with van der Waals surface area (Å²) in [6.07, 6.45) is 12.7. The first kappa shape index (κ1) is 22.7. The van der Waals surface area contributed by atoms with Crippen molar-refractivity contribution in [3.8, 4) is 0 Å². The second-order valence-corrected chi connectivity index (χ2v) is 12.9. The lowest BCUT2D eigenvalue weighted by atomic mass is 9.34. The molecular weight excluding hydrogens is 412 g/mol. The maximum Gasteiger partial charge on any atom is 0.309 e. The number of carboxylic acids is 1. The molecule has 4 nitrogen and oxygen atoms in total. The quantitative estimate of drug-likeness (QED) is 0.466. The first-order valence-corrected chi connectivity index (χ1v) is 12.6. The van der Waals surface area contributed by atoms with E-state index in [0.29, 0.717) is 11.5 Å². The van der Waals surface area contributed by atoms with E-state index in [0.717, 1.165) is 56.1 Å². The van der Waals surface area contributed by atoms with E-state index >= 15 is 0 Å². The number of aliphatic carboxylic acids is 1. The van der Waals surface area contributed by atoms with Crippen LogP contribution in [-0.2, 0) is 9.59 Å². The Morgan fingerprint density at radius 2 is 1.64 bits per heavy atom. The molecule has 0 bridgehead atoms. The summed E-state index contributed by atoms with van der Waals surface area (Å²) in [4.78, 5) is 24.8. The fraction of sp³-hybridized carbons (Fsp3) is 0.655. The Bertz CT molecular complexity index is 1100. The Morgan fingerprint density at radius 1 is 0.970 bits per heavy atom. The van der Waals surface area contributed by atoms with Crippen molar-refractivity contribution in [3.63, 3.8) is 0 Å². The molecule has 0 aromatic heterocycles. The number of rotatable bonds is 1. The average molecular weight is 451 g/mol. The molecule has 0 aliphatic heterocycles. The normalized spacial score (nSPS) is 46.8. The van der Waals surface area contributed by atoms with Gasteiger partial charge in [0.05, 0.1) is 5.41 Å². The first-order valence-electron chi connectivity index (χ1n) is 12.6. The van der Waals surface area contributed by atoms with Crippen LogP contribution in [0.5, 0.6) is 0 Å². The number of carboxylic acid groups (broad SMARTS) is 1. The number of carbonyl (C=O) groups is 2. The number of aliphatic hydroxyl groups is 1. The van der Waals surface area contributed by atoms with Gasteiger partial charge in [0.1, 0.15) is 0 Å². The van der Waals surface area contributed by atoms with Crippen molar-refractivity contribution in [2.24, 2.45) is 33.0 Å². The minimum Gasteiger partial charge on any atom is -0.504 e. The Kier molecular flexibility index (Phi) is 4.48. The number of hydrogen-bond acceptors (Lipinski definition) is 3. The maximum atomic E-state index is 12.6. The molecule has 0 saturated heterocycles. The van der Waals surface area contributed by atoms with Crippen LogP contribution in [0, 0.1) is 33.0 Å². The van der Waals surface area contributed by atoms with Gasteiger partial charge in [-0.25, -0.2) is 0 Å². The first-order chi connectivity index (χ1) is 15.2. The van der Waals surface area contributed by atoms with Crippen LogP contribution in [0.1, 0.15) is 86.5 Å². The van der Waals surface area contributed by atoms with Gasteiger partial charge >= 0.3 is 5.97 Å². The number of aliphatic hydroxyl groups excluding tert-OH is 1. The van der Waals surface area contributed by atoms with E-state index in [1.807, 2.05) is 13.8 Å². The Balaban J connectivity index is 1.64. The number of hydrogen-bond donors (Lipinski definition) is 2. The van der Waals surface area contributed by atoms with E-state index in [4.69, 9.17) is 0 Å². The monoisotopic (exact) mass is 450 g/mol. The molecule has 0 aromatic rings. The molecule has 3 saturated carbocycles. The zero-order chi connectivity index (χ0) is 24.2. The minimum absolute atomic E-state index is 0.0000746. The molecule has 178 valence electrons.